The van der Waals surface area contributed by atoms with Crippen molar-refractivity contribution in [2.75, 3.05) is 13.2 Å². The highest BCUT2D eigenvalue weighted by atomic mass is 16.5. The van der Waals surface area contributed by atoms with E-state index in [0.29, 0.717) is 13.2 Å². The lowest BCUT2D eigenvalue weighted by Crippen LogP contribution is -2.45. The van der Waals surface area contributed by atoms with Gasteiger partial charge >= 0.3 is 0 Å². The normalized spacial score (nSPS) is 13.1. The number of rotatable bonds is 8. The number of hydrogen-bond acceptors (Lipinski definition) is 4. The third kappa shape index (κ3) is 9.88. The molecule has 0 saturated carbocycles. The zero-order valence-corrected chi connectivity index (χ0v) is 21.5. The molecule has 4 N–H and O–H groups in total. The average Bonchev–Trinajstić information content (AvgIpc) is 2.82. The summed E-state index contributed by atoms with van der Waals surface area (Å²) in [4.78, 5) is 0. The number of aliphatic hydroxyl groups is 1. The van der Waals surface area contributed by atoms with Gasteiger partial charge in [0.15, 0.2) is 0 Å². The van der Waals surface area contributed by atoms with Gasteiger partial charge in [0, 0.05) is 28.7 Å². The molecule has 0 saturated heterocycles. The molecule has 0 aliphatic heterocycles. The van der Waals surface area contributed by atoms with Gasteiger partial charge in [0.1, 0.15) is 12.4 Å². The third-order valence-corrected chi connectivity index (χ3v) is 4.84. The number of nitrogens with two attached hydrogens (primary N) is 1. The molecule has 2 aromatic rings. The lowest BCUT2D eigenvalue weighted by molar-refractivity contribution is 0.302. The summed E-state index contributed by atoms with van der Waals surface area (Å²) in [6.07, 6.45) is 3.01. The van der Waals surface area contributed by atoms with Crippen LogP contribution >= 0.6 is 0 Å². The predicted molar refractivity (Wildman–Crippen MR) is 140 cm³/mol. The van der Waals surface area contributed by atoms with Crippen molar-refractivity contribution < 1.29 is 9.84 Å². The molecule has 1 atom stereocenters. The molecule has 0 amide bonds. The lowest BCUT2D eigenvalue weighted by Gasteiger charge is -2.28. The Kier molecular flexibility index (Phi) is 15.2. The van der Waals surface area contributed by atoms with Crippen LogP contribution < -0.4 is 26.2 Å². The van der Waals surface area contributed by atoms with Crippen LogP contribution in [0.5, 0.6) is 5.75 Å². The van der Waals surface area contributed by atoms with Crippen molar-refractivity contribution in [3.05, 3.63) is 64.5 Å². The van der Waals surface area contributed by atoms with Crippen molar-refractivity contribution in [1.29, 1.82) is 0 Å². The first-order valence-electron chi connectivity index (χ1n) is 12.0. The van der Waals surface area contributed by atoms with E-state index in [0.717, 1.165) is 33.9 Å². The van der Waals surface area contributed by atoms with Crippen LogP contribution in [0.1, 0.15) is 67.4 Å². The molecule has 0 radical (unpaired) electrons. The Morgan fingerprint density at radius 2 is 1.66 bits per heavy atom. The van der Waals surface area contributed by atoms with E-state index in [1.165, 1.54) is 0 Å². The molecule has 1 unspecified atom stereocenters. The SMILES string of the molecule is CC.CC.CC/C=c1\c(OCc2ccccc2)ccc\c1=C(/CO)NCC(N)C(C)(C)C. The van der Waals surface area contributed by atoms with Crippen molar-refractivity contribution in [2.45, 2.75) is 74.5 Å². The van der Waals surface area contributed by atoms with Crippen LogP contribution in [0, 0.1) is 5.41 Å². The fraction of sp³-hybridized carbons (Fsp3) is 0.500. The van der Waals surface area contributed by atoms with Crippen LogP contribution in [-0.2, 0) is 6.61 Å². The minimum atomic E-state index is -0.0798. The lowest BCUT2D eigenvalue weighted by atomic mass is 9.87. The van der Waals surface area contributed by atoms with Crippen LogP contribution in [0.15, 0.2) is 48.5 Å². The van der Waals surface area contributed by atoms with Crippen molar-refractivity contribution in [2.24, 2.45) is 11.1 Å². The maximum absolute atomic E-state index is 9.99. The van der Waals surface area contributed by atoms with Gasteiger partial charge in [-0.25, -0.2) is 0 Å². The molecule has 4 nitrogen and oxygen atoms in total. The largest absolute Gasteiger partial charge is 0.488 e. The molecule has 0 aromatic heterocycles. The molecule has 32 heavy (non-hydrogen) atoms. The summed E-state index contributed by atoms with van der Waals surface area (Å²) < 4.78 is 6.11. The summed E-state index contributed by atoms with van der Waals surface area (Å²) in [5, 5.41) is 15.3. The van der Waals surface area contributed by atoms with Crippen LogP contribution in [0.4, 0.5) is 0 Å². The molecule has 0 aliphatic rings. The minimum Gasteiger partial charge on any atom is -0.488 e. The van der Waals surface area contributed by atoms with Crippen LogP contribution in [0.25, 0.3) is 11.8 Å². The monoisotopic (exact) mass is 442 g/mol. The van der Waals surface area contributed by atoms with E-state index >= 15 is 0 Å². The molecular weight excluding hydrogens is 396 g/mol. The van der Waals surface area contributed by atoms with E-state index in [-0.39, 0.29) is 18.1 Å². The minimum absolute atomic E-state index is 0.00736. The summed E-state index contributed by atoms with van der Waals surface area (Å²) in [7, 11) is 0. The number of nitrogens with one attached hydrogen (secondary N) is 1. The molecule has 0 spiro atoms. The van der Waals surface area contributed by atoms with Gasteiger partial charge in [-0.15, -0.1) is 0 Å². The van der Waals surface area contributed by atoms with E-state index in [2.05, 4.69) is 39.1 Å². The van der Waals surface area contributed by atoms with Gasteiger partial charge < -0.3 is 20.9 Å². The van der Waals surface area contributed by atoms with Crippen molar-refractivity contribution in [3.63, 3.8) is 0 Å². The standard InChI is InChI=1S/C24H34N2O2.2C2H6/c1-5-10-20-19(21(16-27)26-15-23(25)24(2,3)4)13-9-14-22(20)28-17-18-11-7-6-8-12-18;2*1-2/h6-14,23,26-27H,5,15-17,25H2,1-4H3;2*1-2H3/b20-10-,21-19-;;. The fourth-order valence-corrected chi connectivity index (χ4v) is 2.86. The molecule has 4 heteroatoms. The summed E-state index contributed by atoms with van der Waals surface area (Å²) in [6.45, 7) is 17.5. The molecule has 0 aliphatic carbocycles. The summed E-state index contributed by atoms with van der Waals surface area (Å²) in [6, 6.07) is 16.0. The quantitative estimate of drug-likeness (QED) is 0.560. The topological polar surface area (TPSA) is 67.5 Å². The van der Waals surface area contributed by atoms with E-state index in [1.54, 1.807) is 0 Å². The van der Waals surface area contributed by atoms with E-state index < -0.39 is 0 Å². The second-order valence-corrected chi connectivity index (χ2v) is 8.09. The summed E-state index contributed by atoms with van der Waals surface area (Å²) in [5.41, 5.74) is 8.16. The zero-order chi connectivity index (χ0) is 24.6. The molecule has 0 heterocycles. The predicted octanol–water partition coefficient (Wildman–Crippen LogP) is 4.57. The fourth-order valence-electron chi connectivity index (χ4n) is 2.86. The molecule has 180 valence electrons. The van der Waals surface area contributed by atoms with E-state index in [4.69, 9.17) is 10.5 Å². The number of hydrogen-bond donors (Lipinski definition) is 3. The second-order valence-electron chi connectivity index (χ2n) is 8.09. The van der Waals surface area contributed by atoms with Gasteiger partial charge in [-0.05, 0) is 23.5 Å². The smallest absolute Gasteiger partial charge is 0.127 e. The average molecular weight is 443 g/mol. The Morgan fingerprint density at radius 3 is 2.19 bits per heavy atom. The molecule has 0 fully saturated rings. The van der Waals surface area contributed by atoms with Gasteiger partial charge in [-0.1, -0.05) is 104 Å². The van der Waals surface area contributed by atoms with Crippen molar-refractivity contribution in [3.8, 4) is 5.75 Å². The van der Waals surface area contributed by atoms with Gasteiger partial charge in [-0.3, -0.25) is 0 Å². The third-order valence-electron chi connectivity index (χ3n) is 4.84. The van der Waals surface area contributed by atoms with Crippen LogP contribution in [0.3, 0.4) is 0 Å². The van der Waals surface area contributed by atoms with Gasteiger partial charge in [0.2, 0.25) is 0 Å². The Bertz CT molecular complexity index is 855. The number of aliphatic hydroxyl groups excluding tert-OH is 1. The van der Waals surface area contributed by atoms with Gasteiger partial charge in [-0.2, -0.15) is 0 Å². The van der Waals surface area contributed by atoms with Crippen LogP contribution in [-0.4, -0.2) is 24.3 Å². The van der Waals surface area contributed by atoms with Crippen molar-refractivity contribution in [1.82, 2.24) is 5.32 Å². The Labute approximate surface area is 196 Å². The summed E-state index contributed by atoms with van der Waals surface area (Å²) >= 11 is 0. The molecule has 2 aromatic carbocycles. The highest BCUT2D eigenvalue weighted by Crippen LogP contribution is 2.16. The molecular formula is C28H46N2O2. The first kappa shape index (κ1) is 29.7. The molecule has 2 rings (SSSR count). The Balaban J connectivity index is 0.00000227. The Morgan fingerprint density at radius 1 is 1.03 bits per heavy atom. The van der Waals surface area contributed by atoms with Gasteiger partial charge in [0.25, 0.3) is 0 Å². The zero-order valence-electron chi connectivity index (χ0n) is 21.5. The summed E-state index contributed by atoms with van der Waals surface area (Å²) in [5.74, 6) is 0.816. The Hall–Kier alpha value is -2.30. The first-order chi connectivity index (χ1) is 15.4. The highest BCUT2D eigenvalue weighted by molar-refractivity contribution is 5.48. The molecule has 0 bridgehead atoms. The van der Waals surface area contributed by atoms with Gasteiger partial charge in [0.05, 0.1) is 6.61 Å². The first-order valence-corrected chi connectivity index (χ1v) is 12.0. The maximum atomic E-state index is 9.99. The maximum Gasteiger partial charge on any atom is 0.127 e. The van der Waals surface area contributed by atoms with E-state index in [1.807, 2.05) is 76.2 Å². The highest BCUT2D eigenvalue weighted by Gasteiger charge is 2.20. The van der Waals surface area contributed by atoms with Crippen molar-refractivity contribution >= 4 is 11.8 Å². The number of ether oxygens (including phenoxy) is 1. The van der Waals surface area contributed by atoms with Crippen LogP contribution in [0.2, 0.25) is 0 Å². The van der Waals surface area contributed by atoms with E-state index in [9.17, 15) is 5.11 Å². The number of benzene rings is 2. The second kappa shape index (κ2) is 16.3.